The summed E-state index contributed by atoms with van der Waals surface area (Å²) in [5.41, 5.74) is 0.610. The molecule has 0 N–H and O–H groups in total. The summed E-state index contributed by atoms with van der Waals surface area (Å²) in [5.74, 6) is -1.92. The summed E-state index contributed by atoms with van der Waals surface area (Å²) >= 11 is 0. The van der Waals surface area contributed by atoms with E-state index in [9.17, 15) is 13.2 Å². The lowest BCUT2D eigenvalue weighted by Gasteiger charge is -2.38. The Hall–Kier alpha value is -1.07. The second-order valence-corrected chi connectivity index (χ2v) is 8.24. The molecule has 0 aromatic heterocycles. The van der Waals surface area contributed by atoms with Gasteiger partial charge in [0.1, 0.15) is 6.10 Å². The number of epoxide rings is 1. The van der Waals surface area contributed by atoms with Crippen LogP contribution in [0.3, 0.4) is 0 Å². The Morgan fingerprint density at radius 1 is 0.846 bits per heavy atom. The van der Waals surface area contributed by atoms with E-state index in [1.807, 2.05) is 0 Å². The van der Waals surface area contributed by atoms with Gasteiger partial charge in [0.05, 0.1) is 19.3 Å². The third-order valence-electron chi connectivity index (χ3n) is 6.56. The van der Waals surface area contributed by atoms with Crippen molar-refractivity contribution in [2.75, 3.05) is 13.2 Å². The maximum absolute atomic E-state index is 13.5. The minimum atomic E-state index is -1.37. The molecule has 2 aliphatic carbocycles. The summed E-state index contributed by atoms with van der Waals surface area (Å²) in [6.07, 6.45) is 9.47. The fraction of sp³-hybridized carbons (Fsp3) is 0.714. The van der Waals surface area contributed by atoms with Crippen LogP contribution in [-0.4, -0.2) is 25.4 Å². The molecule has 4 rings (SSSR count). The Morgan fingerprint density at radius 3 is 1.92 bits per heavy atom. The van der Waals surface area contributed by atoms with Crippen LogP contribution in [0.25, 0.3) is 0 Å². The minimum Gasteiger partial charge on any atom is -0.375 e. The highest BCUT2D eigenvalue weighted by molar-refractivity contribution is 5.23. The van der Waals surface area contributed by atoms with Crippen LogP contribution in [0, 0.1) is 29.3 Å². The van der Waals surface area contributed by atoms with Crippen LogP contribution in [0.5, 0.6) is 0 Å². The van der Waals surface area contributed by atoms with E-state index in [0.717, 1.165) is 57.7 Å². The van der Waals surface area contributed by atoms with Crippen LogP contribution < -0.4 is 0 Å². The van der Waals surface area contributed by atoms with Crippen LogP contribution in [0.1, 0.15) is 62.8 Å². The van der Waals surface area contributed by atoms with Gasteiger partial charge in [-0.15, -0.1) is 0 Å². The van der Waals surface area contributed by atoms with Gasteiger partial charge in [-0.05, 0) is 86.8 Å². The van der Waals surface area contributed by atoms with Crippen LogP contribution in [-0.2, 0) is 9.47 Å². The van der Waals surface area contributed by atoms with E-state index in [0.29, 0.717) is 23.7 Å². The molecule has 2 nitrogen and oxygen atoms in total. The molecule has 1 aliphatic heterocycles. The van der Waals surface area contributed by atoms with Crippen molar-refractivity contribution in [1.82, 2.24) is 0 Å². The third-order valence-corrected chi connectivity index (χ3v) is 6.56. The maximum atomic E-state index is 13.5. The number of rotatable bonds is 5. The van der Waals surface area contributed by atoms with Crippen LogP contribution >= 0.6 is 0 Å². The zero-order chi connectivity index (χ0) is 18.1. The number of hydrogen-bond donors (Lipinski definition) is 0. The van der Waals surface area contributed by atoms with Crippen molar-refractivity contribution in [1.29, 1.82) is 0 Å². The van der Waals surface area contributed by atoms with Gasteiger partial charge in [-0.1, -0.05) is 0 Å². The molecule has 1 saturated heterocycles. The zero-order valence-electron chi connectivity index (χ0n) is 15.1. The number of halogens is 3. The van der Waals surface area contributed by atoms with E-state index in [4.69, 9.17) is 9.47 Å². The van der Waals surface area contributed by atoms with Gasteiger partial charge in [0.2, 0.25) is 0 Å². The van der Waals surface area contributed by atoms with Crippen molar-refractivity contribution in [2.45, 2.75) is 69.5 Å². The summed E-state index contributed by atoms with van der Waals surface area (Å²) < 4.78 is 51.2. The molecule has 0 bridgehead atoms. The zero-order valence-corrected chi connectivity index (χ0v) is 15.1. The fourth-order valence-electron chi connectivity index (χ4n) is 4.87. The van der Waals surface area contributed by atoms with Crippen molar-refractivity contribution >= 4 is 0 Å². The number of hydrogen-bond acceptors (Lipinski definition) is 2. The van der Waals surface area contributed by atoms with Gasteiger partial charge >= 0.3 is 0 Å². The van der Waals surface area contributed by atoms with E-state index in [1.54, 1.807) is 0 Å². The maximum Gasteiger partial charge on any atom is 0.194 e. The van der Waals surface area contributed by atoms with Crippen molar-refractivity contribution in [2.24, 2.45) is 11.8 Å². The SMILES string of the molecule is Fc1cc(C2CCC(C3CCC(OCC4CO4)CC3)CC2)cc(F)c1F. The smallest absolute Gasteiger partial charge is 0.194 e. The van der Waals surface area contributed by atoms with Crippen molar-refractivity contribution in [3.8, 4) is 0 Å². The molecule has 3 fully saturated rings. The molecule has 0 spiro atoms. The molecule has 1 heterocycles. The second kappa shape index (κ2) is 7.89. The Kier molecular flexibility index (Phi) is 5.55. The van der Waals surface area contributed by atoms with Crippen molar-refractivity contribution in [3.05, 3.63) is 35.1 Å². The van der Waals surface area contributed by atoms with Gasteiger partial charge < -0.3 is 9.47 Å². The van der Waals surface area contributed by atoms with E-state index < -0.39 is 17.5 Å². The predicted molar refractivity (Wildman–Crippen MR) is 92.5 cm³/mol. The quantitative estimate of drug-likeness (QED) is 0.516. The third kappa shape index (κ3) is 4.25. The van der Waals surface area contributed by atoms with Gasteiger partial charge in [-0.3, -0.25) is 0 Å². The minimum absolute atomic E-state index is 0.147. The van der Waals surface area contributed by atoms with E-state index >= 15 is 0 Å². The van der Waals surface area contributed by atoms with E-state index in [-0.39, 0.29) is 5.92 Å². The molecule has 5 heteroatoms. The summed E-state index contributed by atoms with van der Waals surface area (Å²) in [7, 11) is 0. The van der Waals surface area contributed by atoms with Gasteiger partial charge in [0, 0.05) is 0 Å². The molecular weight excluding hydrogens is 341 g/mol. The predicted octanol–water partition coefficient (Wildman–Crippen LogP) is 5.35. The van der Waals surface area contributed by atoms with E-state index in [1.165, 1.54) is 25.0 Å². The number of ether oxygens (including phenoxy) is 2. The van der Waals surface area contributed by atoms with Gasteiger partial charge in [-0.2, -0.15) is 0 Å². The van der Waals surface area contributed by atoms with Crippen molar-refractivity contribution < 1.29 is 22.6 Å². The van der Waals surface area contributed by atoms with Gasteiger partial charge in [0.15, 0.2) is 17.5 Å². The average Bonchev–Trinajstić information content (AvgIpc) is 3.49. The molecule has 0 amide bonds. The average molecular weight is 368 g/mol. The first-order valence-corrected chi connectivity index (χ1v) is 9.97. The molecule has 1 aromatic carbocycles. The lowest BCUT2D eigenvalue weighted by Crippen LogP contribution is -2.29. The Labute approximate surface area is 153 Å². The standard InChI is InChI=1S/C21H27F3O2/c22-19-9-16(10-20(23)21(19)24)15-3-1-13(2-4-15)14-5-7-17(8-6-14)25-11-18-12-26-18/h9-10,13-15,17-18H,1-8,11-12H2. The Balaban J connectivity index is 1.25. The summed E-state index contributed by atoms with van der Waals surface area (Å²) in [5, 5.41) is 0. The first-order chi connectivity index (χ1) is 12.6. The normalized spacial score (nSPS) is 34.7. The van der Waals surface area contributed by atoms with Crippen molar-refractivity contribution in [3.63, 3.8) is 0 Å². The molecule has 26 heavy (non-hydrogen) atoms. The molecular formula is C21H27F3O2. The molecule has 1 atom stereocenters. The lowest BCUT2D eigenvalue weighted by atomic mass is 9.69. The number of benzene rings is 1. The first-order valence-electron chi connectivity index (χ1n) is 9.97. The Bertz CT molecular complexity index is 593. The summed E-state index contributed by atoms with van der Waals surface area (Å²) in [6.45, 7) is 1.59. The van der Waals surface area contributed by atoms with Gasteiger partial charge in [-0.25, -0.2) is 13.2 Å². The monoisotopic (exact) mass is 368 g/mol. The largest absolute Gasteiger partial charge is 0.375 e. The molecule has 1 unspecified atom stereocenters. The molecule has 2 saturated carbocycles. The summed E-state index contributed by atoms with van der Waals surface area (Å²) in [4.78, 5) is 0. The van der Waals surface area contributed by atoms with E-state index in [2.05, 4.69) is 0 Å². The molecule has 3 aliphatic rings. The Morgan fingerprint density at radius 2 is 1.38 bits per heavy atom. The molecule has 144 valence electrons. The lowest BCUT2D eigenvalue weighted by molar-refractivity contribution is 0.00133. The molecule has 0 radical (unpaired) electrons. The highest BCUT2D eigenvalue weighted by Crippen LogP contribution is 2.43. The summed E-state index contributed by atoms with van der Waals surface area (Å²) in [6, 6.07) is 2.35. The topological polar surface area (TPSA) is 21.8 Å². The highest BCUT2D eigenvalue weighted by atomic mass is 19.2. The molecule has 1 aromatic rings. The second-order valence-electron chi connectivity index (χ2n) is 8.24. The van der Waals surface area contributed by atoms with Gasteiger partial charge in [0.25, 0.3) is 0 Å². The van der Waals surface area contributed by atoms with Crippen LogP contribution in [0.2, 0.25) is 0 Å². The highest BCUT2D eigenvalue weighted by Gasteiger charge is 2.33. The van der Waals surface area contributed by atoms with Crippen LogP contribution in [0.15, 0.2) is 12.1 Å². The first kappa shape index (κ1) is 18.3. The van der Waals surface area contributed by atoms with Crippen LogP contribution in [0.4, 0.5) is 13.2 Å². The fourth-order valence-corrected chi connectivity index (χ4v) is 4.87.